The van der Waals surface area contributed by atoms with Crippen molar-refractivity contribution in [2.45, 2.75) is 32.7 Å². The molecule has 0 saturated heterocycles. The van der Waals surface area contributed by atoms with Crippen molar-refractivity contribution in [2.75, 3.05) is 18.5 Å². The van der Waals surface area contributed by atoms with Crippen LogP contribution in [0.25, 0.3) is 0 Å². The SMILES string of the molecule is CCOc1ccc([C@H]2C(C(N)=O)=C(C)Nc3nc(CCCO)nn32)cc1. The van der Waals surface area contributed by atoms with Gasteiger partial charge in [-0.1, -0.05) is 12.1 Å². The molecule has 1 aromatic carbocycles. The topological polar surface area (TPSA) is 115 Å². The summed E-state index contributed by atoms with van der Waals surface area (Å²) < 4.78 is 7.16. The number of hydrogen-bond acceptors (Lipinski definition) is 6. The van der Waals surface area contributed by atoms with Crippen LogP contribution in [0, 0.1) is 0 Å². The third kappa shape index (κ3) is 3.41. The maximum atomic E-state index is 12.1. The number of nitrogens with one attached hydrogen (secondary N) is 1. The van der Waals surface area contributed by atoms with Crippen molar-refractivity contribution in [3.8, 4) is 5.75 Å². The van der Waals surface area contributed by atoms with Gasteiger partial charge in [-0.3, -0.25) is 4.79 Å². The largest absolute Gasteiger partial charge is 0.494 e. The van der Waals surface area contributed by atoms with Crippen LogP contribution >= 0.6 is 0 Å². The Kier molecular flexibility index (Phi) is 5.22. The maximum Gasteiger partial charge on any atom is 0.248 e. The zero-order valence-corrected chi connectivity index (χ0v) is 14.9. The fourth-order valence-electron chi connectivity index (χ4n) is 3.08. The Morgan fingerprint density at radius 1 is 1.38 bits per heavy atom. The number of aromatic nitrogens is 3. The van der Waals surface area contributed by atoms with Crippen molar-refractivity contribution in [2.24, 2.45) is 5.73 Å². The Morgan fingerprint density at radius 2 is 2.12 bits per heavy atom. The molecule has 26 heavy (non-hydrogen) atoms. The van der Waals surface area contributed by atoms with Crippen molar-refractivity contribution < 1.29 is 14.6 Å². The van der Waals surface area contributed by atoms with Gasteiger partial charge in [0.2, 0.25) is 11.9 Å². The molecule has 0 bridgehead atoms. The van der Waals surface area contributed by atoms with Gasteiger partial charge in [-0.25, -0.2) is 4.68 Å². The molecule has 8 heteroatoms. The lowest BCUT2D eigenvalue weighted by atomic mass is 9.95. The molecule has 0 radical (unpaired) electrons. The third-order valence-electron chi connectivity index (χ3n) is 4.23. The van der Waals surface area contributed by atoms with Crippen LogP contribution in [0.15, 0.2) is 35.5 Å². The second kappa shape index (κ2) is 7.57. The highest BCUT2D eigenvalue weighted by molar-refractivity contribution is 5.95. The first kappa shape index (κ1) is 17.9. The number of aryl methyl sites for hydroxylation is 1. The summed E-state index contributed by atoms with van der Waals surface area (Å²) in [6.07, 6.45) is 1.13. The van der Waals surface area contributed by atoms with Crippen molar-refractivity contribution >= 4 is 11.9 Å². The number of rotatable bonds is 7. The van der Waals surface area contributed by atoms with Gasteiger partial charge in [0.25, 0.3) is 0 Å². The number of benzene rings is 1. The molecule has 1 aliphatic heterocycles. The quantitative estimate of drug-likeness (QED) is 0.689. The third-order valence-corrected chi connectivity index (χ3v) is 4.23. The molecule has 4 N–H and O–H groups in total. The van der Waals surface area contributed by atoms with E-state index in [-0.39, 0.29) is 6.61 Å². The number of nitrogens with zero attached hydrogens (tertiary/aromatic N) is 3. The molecule has 0 saturated carbocycles. The van der Waals surface area contributed by atoms with E-state index in [9.17, 15) is 4.79 Å². The van der Waals surface area contributed by atoms with E-state index in [0.717, 1.165) is 11.3 Å². The van der Waals surface area contributed by atoms with Crippen molar-refractivity contribution in [1.29, 1.82) is 0 Å². The summed E-state index contributed by atoms with van der Waals surface area (Å²) in [5.74, 6) is 1.41. The lowest BCUT2D eigenvalue weighted by Crippen LogP contribution is -2.31. The Labute approximate surface area is 151 Å². The highest BCUT2D eigenvalue weighted by atomic mass is 16.5. The fourth-order valence-corrected chi connectivity index (χ4v) is 3.08. The second-order valence-corrected chi connectivity index (χ2v) is 6.06. The standard InChI is InChI=1S/C18H23N5O3/c1-3-26-13-8-6-12(7-9-13)16-15(17(19)25)11(2)20-18-21-14(5-4-10-24)22-23(16)18/h6-9,16,24H,3-5,10H2,1-2H3,(H2,19,25)(H,20,21,22)/t16-/m0/s1. The fraction of sp³-hybridized carbons (Fsp3) is 0.389. The van der Waals surface area contributed by atoms with Crippen LogP contribution in [-0.4, -0.2) is 39.0 Å². The molecule has 3 rings (SSSR count). The smallest absolute Gasteiger partial charge is 0.248 e. The molecule has 0 spiro atoms. The van der Waals surface area contributed by atoms with Crippen molar-refractivity contribution in [3.05, 3.63) is 46.9 Å². The van der Waals surface area contributed by atoms with E-state index in [1.807, 2.05) is 31.2 Å². The Hall–Kier alpha value is -2.87. The zero-order chi connectivity index (χ0) is 18.7. The molecule has 1 amide bonds. The predicted molar refractivity (Wildman–Crippen MR) is 96.7 cm³/mol. The first-order valence-electron chi connectivity index (χ1n) is 8.61. The minimum absolute atomic E-state index is 0.0729. The predicted octanol–water partition coefficient (Wildman–Crippen LogP) is 1.38. The molecule has 8 nitrogen and oxygen atoms in total. The Bertz CT molecular complexity index is 826. The number of anilines is 1. The van der Waals surface area contributed by atoms with Crippen LogP contribution in [0.1, 0.15) is 37.7 Å². The van der Waals surface area contributed by atoms with E-state index >= 15 is 0 Å². The van der Waals surface area contributed by atoms with E-state index in [2.05, 4.69) is 15.4 Å². The lowest BCUT2D eigenvalue weighted by molar-refractivity contribution is -0.115. The minimum atomic E-state index is -0.507. The molecular formula is C18H23N5O3. The average molecular weight is 357 g/mol. The number of nitrogens with two attached hydrogens (primary N) is 1. The minimum Gasteiger partial charge on any atom is -0.494 e. The van der Waals surface area contributed by atoms with Crippen LogP contribution in [0.3, 0.4) is 0 Å². The summed E-state index contributed by atoms with van der Waals surface area (Å²) in [5.41, 5.74) is 7.62. The van der Waals surface area contributed by atoms with Gasteiger partial charge in [-0.15, -0.1) is 0 Å². The number of carbonyl (C=O) groups excluding carboxylic acids is 1. The van der Waals surface area contributed by atoms with Gasteiger partial charge in [-0.2, -0.15) is 10.1 Å². The van der Waals surface area contributed by atoms with E-state index in [1.54, 1.807) is 11.6 Å². The summed E-state index contributed by atoms with van der Waals surface area (Å²) in [5, 5.41) is 16.7. The zero-order valence-electron chi connectivity index (χ0n) is 14.9. The van der Waals surface area contributed by atoms with Crippen LogP contribution in [-0.2, 0) is 11.2 Å². The molecule has 2 aromatic rings. The van der Waals surface area contributed by atoms with Crippen LogP contribution < -0.4 is 15.8 Å². The molecule has 1 atom stereocenters. The van der Waals surface area contributed by atoms with Gasteiger partial charge in [0.15, 0.2) is 5.82 Å². The number of ether oxygens (including phenoxy) is 1. The summed E-state index contributed by atoms with van der Waals surface area (Å²) >= 11 is 0. The van der Waals surface area contributed by atoms with Crippen LogP contribution in [0.4, 0.5) is 5.95 Å². The van der Waals surface area contributed by atoms with Gasteiger partial charge in [0, 0.05) is 18.7 Å². The monoisotopic (exact) mass is 357 g/mol. The van der Waals surface area contributed by atoms with Crippen LogP contribution in [0.2, 0.25) is 0 Å². The van der Waals surface area contributed by atoms with Crippen molar-refractivity contribution in [1.82, 2.24) is 14.8 Å². The first-order chi connectivity index (χ1) is 12.5. The number of hydrogen-bond donors (Lipinski definition) is 3. The second-order valence-electron chi connectivity index (χ2n) is 6.06. The van der Waals surface area contributed by atoms with Gasteiger partial charge >= 0.3 is 0 Å². The number of fused-ring (bicyclic) bond motifs is 1. The molecule has 0 fully saturated rings. The summed E-state index contributed by atoms with van der Waals surface area (Å²) in [6, 6.07) is 7.05. The van der Waals surface area contributed by atoms with Crippen LogP contribution in [0.5, 0.6) is 5.75 Å². The number of aliphatic hydroxyl groups is 1. The lowest BCUT2D eigenvalue weighted by Gasteiger charge is -2.27. The Balaban J connectivity index is 2.04. The molecule has 0 aliphatic carbocycles. The average Bonchev–Trinajstić information content (AvgIpc) is 3.02. The summed E-state index contributed by atoms with van der Waals surface area (Å²) in [4.78, 5) is 16.6. The number of amides is 1. The molecule has 2 heterocycles. The van der Waals surface area contributed by atoms with Gasteiger partial charge in [0.1, 0.15) is 11.8 Å². The maximum absolute atomic E-state index is 12.1. The highest BCUT2D eigenvalue weighted by Gasteiger charge is 2.33. The Morgan fingerprint density at radius 3 is 2.73 bits per heavy atom. The molecule has 1 aliphatic rings. The van der Waals surface area contributed by atoms with E-state index in [1.165, 1.54) is 0 Å². The number of carbonyl (C=O) groups is 1. The van der Waals surface area contributed by atoms with E-state index in [0.29, 0.717) is 42.5 Å². The van der Waals surface area contributed by atoms with Crippen molar-refractivity contribution in [3.63, 3.8) is 0 Å². The van der Waals surface area contributed by atoms with Gasteiger partial charge < -0.3 is 20.9 Å². The first-order valence-corrected chi connectivity index (χ1v) is 8.61. The molecule has 0 unspecified atom stereocenters. The van der Waals surface area contributed by atoms with Gasteiger partial charge in [0.05, 0.1) is 12.2 Å². The number of allylic oxidation sites excluding steroid dienone is 1. The van der Waals surface area contributed by atoms with E-state index < -0.39 is 11.9 Å². The molecular weight excluding hydrogens is 334 g/mol. The number of primary amides is 1. The summed E-state index contributed by atoms with van der Waals surface area (Å²) in [6.45, 7) is 4.38. The summed E-state index contributed by atoms with van der Waals surface area (Å²) in [7, 11) is 0. The number of aliphatic hydroxyl groups excluding tert-OH is 1. The normalized spacial score (nSPS) is 16.2. The van der Waals surface area contributed by atoms with Gasteiger partial charge in [-0.05, 0) is 38.0 Å². The molecule has 138 valence electrons. The molecule has 1 aromatic heterocycles. The van der Waals surface area contributed by atoms with E-state index in [4.69, 9.17) is 15.6 Å². The highest BCUT2D eigenvalue weighted by Crippen LogP contribution is 2.35.